The number of carbonyl (C=O) groups excluding carboxylic acids is 2. The molecule has 0 radical (unpaired) electrons. The summed E-state index contributed by atoms with van der Waals surface area (Å²) < 4.78 is 22.6. The number of unbranched alkanes of at least 4 members (excludes halogenated alkanes) is 2. The van der Waals surface area contributed by atoms with Crippen LogP contribution in [0.5, 0.6) is 11.5 Å². The van der Waals surface area contributed by atoms with E-state index in [1.165, 1.54) is 0 Å². The zero-order chi connectivity index (χ0) is 25.8. The third kappa shape index (κ3) is 14.4. The van der Waals surface area contributed by atoms with Gasteiger partial charge in [0.2, 0.25) is 0 Å². The minimum Gasteiger partial charge on any atom is -0.494 e. The molecule has 0 saturated carbocycles. The van der Waals surface area contributed by atoms with Crippen LogP contribution in [0.4, 0.5) is 0 Å². The van der Waals surface area contributed by atoms with Crippen molar-refractivity contribution in [3.8, 4) is 11.5 Å². The van der Waals surface area contributed by atoms with Crippen LogP contribution in [0.1, 0.15) is 46.4 Å². The Morgan fingerprint density at radius 2 is 0.917 bits per heavy atom. The largest absolute Gasteiger partial charge is 0.494 e. The fourth-order valence-corrected chi connectivity index (χ4v) is 4.84. The number of halogens is 2. The lowest BCUT2D eigenvalue weighted by atomic mass is 10.2. The maximum absolute atomic E-state index is 11.0. The molecule has 0 heterocycles. The Hall–Kier alpha value is -1.42. The van der Waals surface area contributed by atoms with E-state index in [0.29, 0.717) is 24.3 Å². The first-order chi connectivity index (χ1) is 17.6. The molecule has 36 heavy (non-hydrogen) atoms. The van der Waals surface area contributed by atoms with Gasteiger partial charge in [0.15, 0.2) is 0 Å². The molecule has 0 atom stereocenters. The van der Waals surface area contributed by atoms with Gasteiger partial charge in [0.1, 0.15) is 11.5 Å². The Labute approximate surface area is 231 Å². The van der Waals surface area contributed by atoms with E-state index >= 15 is 0 Å². The molecule has 0 bridgehead atoms. The first-order valence-corrected chi connectivity index (χ1v) is 15.1. The maximum atomic E-state index is 11.0. The quantitative estimate of drug-likeness (QED) is 0.0907. The zero-order valence-corrected chi connectivity index (χ0v) is 23.3. The highest BCUT2D eigenvalue weighted by Crippen LogP contribution is 2.20. The van der Waals surface area contributed by atoms with Crippen LogP contribution < -0.4 is 9.47 Å². The standard InChI is InChI=1S/C26H32Cl2O6S2/c27-25(29)21-5-9-23(10-6-21)33-15-3-1-13-31-17-19-35-36-20-18-32-14-2-4-16-34-24-11-7-22(8-12-24)26(28)30/h5-12H,1-4,13-20H2. The number of rotatable bonds is 21. The van der Waals surface area contributed by atoms with E-state index in [1.54, 1.807) is 70.1 Å². The van der Waals surface area contributed by atoms with Crippen molar-refractivity contribution in [3.05, 3.63) is 59.7 Å². The van der Waals surface area contributed by atoms with Gasteiger partial charge in [-0.1, -0.05) is 21.6 Å². The van der Waals surface area contributed by atoms with Crippen LogP contribution in [-0.4, -0.2) is 61.6 Å². The van der Waals surface area contributed by atoms with Gasteiger partial charge in [0.05, 0.1) is 26.4 Å². The topological polar surface area (TPSA) is 71.1 Å². The lowest BCUT2D eigenvalue weighted by Gasteiger charge is -2.08. The van der Waals surface area contributed by atoms with Crippen molar-refractivity contribution in [2.75, 3.05) is 51.1 Å². The summed E-state index contributed by atoms with van der Waals surface area (Å²) >= 11 is 10.8. The summed E-state index contributed by atoms with van der Waals surface area (Å²) in [4.78, 5) is 22.1. The van der Waals surface area contributed by atoms with Crippen molar-refractivity contribution in [3.63, 3.8) is 0 Å². The smallest absolute Gasteiger partial charge is 0.252 e. The predicted molar refractivity (Wildman–Crippen MR) is 149 cm³/mol. The molecule has 0 aromatic heterocycles. The van der Waals surface area contributed by atoms with Crippen LogP contribution in [0.25, 0.3) is 0 Å². The fraction of sp³-hybridized carbons (Fsp3) is 0.462. The lowest BCUT2D eigenvalue weighted by molar-refractivity contribution is 0.107. The number of ether oxygens (including phenoxy) is 4. The molecule has 6 nitrogen and oxygen atoms in total. The molecule has 2 rings (SSSR count). The second kappa shape index (κ2) is 19.7. The monoisotopic (exact) mass is 574 g/mol. The number of carbonyl (C=O) groups is 2. The van der Waals surface area contributed by atoms with Gasteiger partial charge in [-0.3, -0.25) is 9.59 Å². The van der Waals surface area contributed by atoms with Gasteiger partial charge < -0.3 is 18.9 Å². The molecule has 0 fully saturated rings. The van der Waals surface area contributed by atoms with Gasteiger partial charge in [-0.15, -0.1) is 0 Å². The van der Waals surface area contributed by atoms with Crippen molar-refractivity contribution in [2.45, 2.75) is 25.7 Å². The average Bonchev–Trinajstić information content (AvgIpc) is 2.88. The van der Waals surface area contributed by atoms with E-state index in [1.807, 2.05) is 0 Å². The second-order valence-corrected chi connectivity index (χ2v) is 11.0. The van der Waals surface area contributed by atoms with Gasteiger partial charge >= 0.3 is 0 Å². The van der Waals surface area contributed by atoms with E-state index < -0.39 is 10.5 Å². The van der Waals surface area contributed by atoms with E-state index in [-0.39, 0.29) is 0 Å². The van der Waals surface area contributed by atoms with Crippen molar-refractivity contribution in [1.29, 1.82) is 0 Å². The summed E-state index contributed by atoms with van der Waals surface area (Å²) in [5.74, 6) is 3.36. The average molecular weight is 576 g/mol. The van der Waals surface area contributed by atoms with Crippen molar-refractivity contribution in [2.24, 2.45) is 0 Å². The van der Waals surface area contributed by atoms with Gasteiger partial charge in [-0.2, -0.15) is 0 Å². The molecule has 0 saturated heterocycles. The highest BCUT2D eigenvalue weighted by atomic mass is 35.5. The normalized spacial score (nSPS) is 10.8. The Kier molecular flexibility index (Phi) is 16.8. The van der Waals surface area contributed by atoms with Gasteiger partial charge in [0, 0.05) is 35.8 Å². The summed E-state index contributed by atoms with van der Waals surface area (Å²) in [5.41, 5.74) is 0.929. The Balaban J connectivity index is 1.28. The molecule has 10 heteroatoms. The maximum Gasteiger partial charge on any atom is 0.252 e. The number of hydrogen-bond donors (Lipinski definition) is 0. The van der Waals surface area contributed by atoms with Crippen LogP contribution in [0.15, 0.2) is 48.5 Å². The molecule has 0 unspecified atom stereocenters. The third-order valence-electron chi connectivity index (χ3n) is 4.77. The molecule has 0 aliphatic rings. The fourth-order valence-electron chi connectivity index (χ4n) is 2.86. The van der Waals surface area contributed by atoms with Crippen LogP contribution in [0.2, 0.25) is 0 Å². The van der Waals surface area contributed by atoms with Crippen LogP contribution >= 0.6 is 44.8 Å². The Morgan fingerprint density at radius 3 is 1.28 bits per heavy atom. The van der Waals surface area contributed by atoms with E-state index in [9.17, 15) is 9.59 Å². The van der Waals surface area contributed by atoms with Crippen molar-refractivity contribution in [1.82, 2.24) is 0 Å². The summed E-state index contributed by atoms with van der Waals surface area (Å²) in [5, 5.41) is -0.934. The van der Waals surface area contributed by atoms with E-state index in [2.05, 4.69) is 0 Å². The van der Waals surface area contributed by atoms with Crippen molar-refractivity contribution >= 4 is 55.3 Å². The SMILES string of the molecule is O=C(Cl)c1ccc(OCCCCOCCSSCCOCCCCOc2ccc(C(=O)Cl)cc2)cc1. The molecule has 0 spiro atoms. The van der Waals surface area contributed by atoms with Crippen molar-refractivity contribution < 1.29 is 28.5 Å². The zero-order valence-electron chi connectivity index (χ0n) is 20.1. The molecule has 198 valence electrons. The van der Waals surface area contributed by atoms with E-state index in [0.717, 1.165) is 75.1 Å². The summed E-state index contributed by atoms with van der Waals surface area (Å²) in [6, 6.07) is 13.6. The summed E-state index contributed by atoms with van der Waals surface area (Å²) in [6.45, 7) is 4.14. The lowest BCUT2D eigenvalue weighted by Crippen LogP contribution is -2.03. The highest BCUT2D eigenvalue weighted by molar-refractivity contribution is 8.76. The van der Waals surface area contributed by atoms with E-state index in [4.69, 9.17) is 42.1 Å². The molecular formula is C26H32Cl2O6S2. The Morgan fingerprint density at radius 1 is 0.556 bits per heavy atom. The number of hydrogen-bond acceptors (Lipinski definition) is 8. The van der Waals surface area contributed by atoms with Gasteiger partial charge in [0.25, 0.3) is 10.5 Å². The molecule has 0 amide bonds. The first-order valence-electron chi connectivity index (χ1n) is 11.8. The van der Waals surface area contributed by atoms with Crippen LogP contribution in [0, 0.1) is 0 Å². The molecule has 2 aromatic carbocycles. The van der Waals surface area contributed by atoms with Crippen LogP contribution in [0.3, 0.4) is 0 Å². The summed E-state index contributed by atoms with van der Waals surface area (Å²) in [7, 11) is 3.60. The Bertz CT molecular complexity index is 808. The highest BCUT2D eigenvalue weighted by Gasteiger charge is 2.02. The third-order valence-corrected chi connectivity index (χ3v) is 7.54. The molecule has 0 aliphatic carbocycles. The minimum absolute atomic E-state index is 0.464. The van der Waals surface area contributed by atoms with Crippen LogP contribution in [-0.2, 0) is 9.47 Å². The predicted octanol–water partition coefficient (Wildman–Crippen LogP) is 6.88. The second-order valence-electron chi connectivity index (χ2n) is 7.58. The molecule has 0 N–H and O–H groups in total. The first kappa shape index (κ1) is 30.8. The molecular weight excluding hydrogens is 543 g/mol. The number of benzene rings is 2. The summed E-state index contributed by atoms with van der Waals surface area (Å²) in [6.07, 6.45) is 3.70. The van der Waals surface area contributed by atoms with Gasteiger partial charge in [-0.25, -0.2) is 0 Å². The minimum atomic E-state index is -0.467. The molecule has 2 aromatic rings. The molecule has 0 aliphatic heterocycles. The van der Waals surface area contributed by atoms with Gasteiger partial charge in [-0.05, 0) is 97.4 Å².